The lowest BCUT2D eigenvalue weighted by Gasteiger charge is -2.50. The van der Waals surface area contributed by atoms with E-state index in [1.807, 2.05) is 12.1 Å². The first-order valence-corrected chi connectivity index (χ1v) is 10.1. The molecule has 0 N–H and O–H groups in total. The third-order valence-electron chi connectivity index (χ3n) is 5.82. The van der Waals surface area contributed by atoms with E-state index < -0.39 is 14.6 Å². The predicted octanol–water partition coefficient (Wildman–Crippen LogP) is 1.13. The van der Waals surface area contributed by atoms with Gasteiger partial charge in [0.1, 0.15) is 4.75 Å². The number of carbonyl (C=O) groups excluding carboxylic acids is 1. The highest BCUT2D eigenvalue weighted by atomic mass is 32.2. The number of sulfone groups is 1. The fraction of sp³-hybridized carbons (Fsp3) is 0.647. The number of amides is 1. The molecule has 0 unspecified atom stereocenters. The predicted molar refractivity (Wildman–Crippen MR) is 88.2 cm³/mol. The van der Waals surface area contributed by atoms with Gasteiger partial charge in [-0.2, -0.15) is 0 Å². The summed E-state index contributed by atoms with van der Waals surface area (Å²) >= 11 is 0. The van der Waals surface area contributed by atoms with Gasteiger partial charge in [0.2, 0.25) is 11.8 Å². The summed E-state index contributed by atoms with van der Waals surface area (Å²) in [6.45, 7) is 3.05. The average Bonchev–Trinajstić information content (AvgIpc) is 3.18. The summed E-state index contributed by atoms with van der Waals surface area (Å²) in [5, 5.41) is 0. The van der Waals surface area contributed by atoms with Gasteiger partial charge in [0.05, 0.1) is 12.4 Å². The summed E-state index contributed by atoms with van der Waals surface area (Å²) in [5.74, 6) is 1.29. The van der Waals surface area contributed by atoms with E-state index in [9.17, 15) is 13.2 Å². The highest BCUT2D eigenvalue weighted by Gasteiger charge is 2.63. The van der Waals surface area contributed by atoms with Crippen molar-refractivity contribution in [1.82, 2.24) is 9.88 Å². The van der Waals surface area contributed by atoms with E-state index in [4.69, 9.17) is 4.74 Å². The van der Waals surface area contributed by atoms with Crippen molar-refractivity contribution < 1.29 is 17.9 Å². The number of rotatable bonds is 4. The van der Waals surface area contributed by atoms with E-state index in [1.54, 1.807) is 17.2 Å². The van der Waals surface area contributed by atoms with Crippen LogP contribution in [0.4, 0.5) is 0 Å². The third kappa shape index (κ3) is 2.41. The number of ether oxygens (including phenoxy) is 1. The largest absolute Gasteiger partial charge is 0.477 e. The summed E-state index contributed by atoms with van der Waals surface area (Å²) in [6, 6.07) is 5.41. The minimum Gasteiger partial charge on any atom is -0.477 e. The Hall–Kier alpha value is -1.63. The molecule has 3 atom stereocenters. The fourth-order valence-electron chi connectivity index (χ4n) is 3.98. The third-order valence-corrected chi connectivity index (χ3v) is 8.43. The van der Waals surface area contributed by atoms with Gasteiger partial charge in [-0.15, -0.1) is 0 Å². The van der Waals surface area contributed by atoms with Crippen LogP contribution in [-0.2, 0) is 14.6 Å². The lowest BCUT2D eigenvalue weighted by atomic mass is 9.83. The number of likely N-dealkylation sites (tertiary alicyclic amines) is 1. The maximum absolute atomic E-state index is 12.6. The summed E-state index contributed by atoms with van der Waals surface area (Å²) in [4.78, 5) is 18.2. The molecule has 3 fully saturated rings. The molecule has 1 aromatic heterocycles. The van der Waals surface area contributed by atoms with Crippen LogP contribution >= 0.6 is 0 Å². The molecule has 1 saturated carbocycles. The normalized spacial score (nSPS) is 32.4. The van der Waals surface area contributed by atoms with Crippen LogP contribution in [0.15, 0.2) is 24.4 Å². The average molecular weight is 350 g/mol. The van der Waals surface area contributed by atoms with Crippen molar-refractivity contribution in [2.24, 2.45) is 17.8 Å². The highest BCUT2D eigenvalue weighted by molar-refractivity contribution is 7.93. The van der Waals surface area contributed by atoms with Gasteiger partial charge < -0.3 is 9.64 Å². The molecule has 4 rings (SSSR count). The van der Waals surface area contributed by atoms with Crippen molar-refractivity contribution in [1.29, 1.82) is 0 Å². The zero-order chi connectivity index (χ0) is 16.9. The van der Waals surface area contributed by atoms with E-state index in [1.165, 1.54) is 0 Å². The van der Waals surface area contributed by atoms with Gasteiger partial charge in [0.25, 0.3) is 0 Å². The van der Waals surface area contributed by atoms with E-state index in [0.717, 1.165) is 6.42 Å². The monoisotopic (exact) mass is 350 g/mol. The number of hydrogen-bond donors (Lipinski definition) is 0. The molecular formula is C17H22N2O4S. The molecule has 6 nitrogen and oxygen atoms in total. The van der Waals surface area contributed by atoms with Crippen LogP contribution < -0.4 is 4.74 Å². The van der Waals surface area contributed by atoms with Gasteiger partial charge in [-0.3, -0.25) is 4.79 Å². The summed E-state index contributed by atoms with van der Waals surface area (Å²) in [6.07, 6.45) is 3.18. The second-order valence-corrected chi connectivity index (χ2v) is 9.81. The van der Waals surface area contributed by atoms with Crippen molar-refractivity contribution in [3.8, 4) is 5.88 Å². The molecule has 2 saturated heterocycles. The molecule has 0 aromatic carbocycles. The Labute approximate surface area is 142 Å². The molecule has 3 aliphatic rings. The van der Waals surface area contributed by atoms with Gasteiger partial charge in [0.15, 0.2) is 9.84 Å². The Kier molecular flexibility index (Phi) is 3.60. The second kappa shape index (κ2) is 5.44. The molecule has 1 aliphatic carbocycles. The number of aromatic nitrogens is 1. The number of hydrogen-bond acceptors (Lipinski definition) is 5. The van der Waals surface area contributed by atoms with Gasteiger partial charge in [-0.25, -0.2) is 13.4 Å². The maximum atomic E-state index is 12.6. The minimum absolute atomic E-state index is 0.0785. The SMILES string of the molecule is C[C@@H]1C[C@@H]1C(=O)N1CC2(C1)[C@@H](COc1ccccn1)CCS2(=O)=O. The Balaban J connectivity index is 1.44. The Morgan fingerprint density at radius 2 is 2.17 bits per heavy atom. The van der Waals surface area contributed by atoms with Crippen LogP contribution in [0.3, 0.4) is 0 Å². The standard InChI is InChI=1S/C17H22N2O4S/c1-12-8-14(12)16(20)19-10-17(11-19)13(5-7-24(17,21)22)9-23-15-4-2-3-6-18-15/h2-4,6,12-14H,5,7-11H2,1H3/t12-,13-,14+/m1/s1. The molecule has 3 heterocycles. The first-order chi connectivity index (χ1) is 11.4. The van der Waals surface area contributed by atoms with Crippen LogP contribution in [-0.4, -0.2) is 54.4 Å². The van der Waals surface area contributed by atoms with Crippen LogP contribution in [0.25, 0.3) is 0 Å². The Morgan fingerprint density at radius 3 is 2.79 bits per heavy atom. The van der Waals surface area contributed by atoms with Crippen molar-refractivity contribution in [2.75, 3.05) is 25.4 Å². The quantitative estimate of drug-likeness (QED) is 0.814. The van der Waals surface area contributed by atoms with E-state index >= 15 is 0 Å². The Bertz CT molecular complexity index is 743. The molecule has 2 aliphatic heterocycles. The van der Waals surface area contributed by atoms with Crippen molar-refractivity contribution in [3.05, 3.63) is 24.4 Å². The molecule has 0 bridgehead atoms. The lowest BCUT2D eigenvalue weighted by molar-refractivity contribution is -0.139. The van der Waals surface area contributed by atoms with Crippen molar-refractivity contribution in [2.45, 2.75) is 24.5 Å². The van der Waals surface area contributed by atoms with Gasteiger partial charge in [-0.05, 0) is 24.8 Å². The van der Waals surface area contributed by atoms with Gasteiger partial charge in [-0.1, -0.05) is 13.0 Å². The number of nitrogens with zero attached hydrogens (tertiary/aromatic N) is 2. The molecule has 0 radical (unpaired) electrons. The summed E-state index contributed by atoms with van der Waals surface area (Å²) < 4.78 is 30.1. The molecule has 1 amide bonds. The highest BCUT2D eigenvalue weighted by Crippen LogP contribution is 2.47. The zero-order valence-corrected chi connectivity index (χ0v) is 14.5. The van der Waals surface area contributed by atoms with Crippen LogP contribution in [0, 0.1) is 17.8 Å². The molecule has 130 valence electrons. The van der Waals surface area contributed by atoms with Crippen LogP contribution in [0.5, 0.6) is 5.88 Å². The fourth-order valence-corrected chi connectivity index (χ4v) is 6.38. The number of carbonyl (C=O) groups is 1. The molecule has 1 spiro atoms. The molecule has 1 aromatic rings. The first-order valence-electron chi connectivity index (χ1n) is 8.48. The second-order valence-electron chi connectivity index (χ2n) is 7.36. The van der Waals surface area contributed by atoms with Crippen molar-refractivity contribution >= 4 is 15.7 Å². The lowest BCUT2D eigenvalue weighted by Crippen LogP contribution is -2.69. The van der Waals surface area contributed by atoms with Gasteiger partial charge >= 0.3 is 0 Å². The molecule has 24 heavy (non-hydrogen) atoms. The summed E-state index contributed by atoms with van der Waals surface area (Å²) in [7, 11) is -3.18. The van der Waals surface area contributed by atoms with Gasteiger partial charge in [0, 0.05) is 37.2 Å². The maximum Gasteiger partial charge on any atom is 0.226 e. The Morgan fingerprint density at radius 1 is 1.42 bits per heavy atom. The zero-order valence-electron chi connectivity index (χ0n) is 13.7. The van der Waals surface area contributed by atoms with Crippen LogP contribution in [0.1, 0.15) is 19.8 Å². The van der Waals surface area contributed by atoms with Crippen molar-refractivity contribution in [3.63, 3.8) is 0 Å². The van der Waals surface area contributed by atoms with E-state index in [2.05, 4.69) is 11.9 Å². The smallest absolute Gasteiger partial charge is 0.226 e. The molecule has 7 heteroatoms. The topological polar surface area (TPSA) is 76.6 Å². The van der Waals surface area contributed by atoms with E-state index in [-0.39, 0.29) is 23.5 Å². The number of pyridine rings is 1. The summed E-state index contributed by atoms with van der Waals surface area (Å²) in [5.41, 5.74) is 0. The van der Waals surface area contributed by atoms with E-state index in [0.29, 0.717) is 37.9 Å². The minimum atomic E-state index is -3.18. The first kappa shape index (κ1) is 15.9. The van der Waals surface area contributed by atoms with Crippen LogP contribution in [0.2, 0.25) is 0 Å². The molecular weight excluding hydrogens is 328 g/mol.